The number of benzene rings is 1. The number of nitrogens with zero attached hydrogens (tertiary/aromatic N) is 2. The molecule has 0 aromatic heterocycles. The molecule has 8 heteroatoms. The van der Waals surface area contributed by atoms with Crippen molar-refractivity contribution in [2.75, 3.05) is 18.0 Å². The number of fused-ring (bicyclic) bond motifs is 1. The molecule has 0 unspecified atom stereocenters. The Bertz CT molecular complexity index is 787. The highest BCUT2D eigenvalue weighted by atomic mass is 32.2. The molecular formula is C15H11N2O4S2-. The Morgan fingerprint density at radius 2 is 1.91 bits per heavy atom. The molecule has 118 valence electrons. The van der Waals surface area contributed by atoms with Gasteiger partial charge in [-0.3, -0.25) is 14.5 Å². The molecule has 0 N–H and O–H groups in total. The minimum absolute atomic E-state index is 0.113. The number of carboxylic acids is 1. The summed E-state index contributed by atoms with van der Waals surface area (Å²) < 4.78 is 0.113. The fraction of sp³-hybridized carbons (Fsp3) is 0.200. The molecule has 0 spiro atoms. The van der Waals surface area contributed by atoms with Crippen LogP contribution in [0.4, 0.5) is 5.69 Å². The third-order valence-electron chi connectivity index (χ3n) is 3.60. The van der Waals surface area contributed by atoms with Crippen LogP contribution in [0.2, 0.25) is 0 Å². The third kappa shape index (κ3) is 2.43. The highest BCUT2D eigenvalue weighted by molar-refractivity contribution is 8.26. The monoisotopic (exact) mass is 347 g/mol. The number of rotatable bonds is 3. The second-order valence-corrected chi connectivity index (χ2v) is 6.55. The molecule has 0 radical (unpaired) electrons. The first-order valence-electron chi connectivity index (χ1n) is 6.84. The summed E-state index contributed by atoms with van der Waals surface area (Å²) in [5.74, 6) is -2.25. The average Bonchev–Trinajstić information content (AvgIpc) is 2.94. The predicted molar refractivity (Wildman–Crippen MR) is 88.3 cm³/mol. The molecule has 0 bridgehead atoms. The maximum Gasteiger partial charge on any atom is 0.267 e. The summed E-state index contributed by atoms with van der Waals surface area (Å²) in [6, 6.07) is 7.18. The largest absolute Gasteiger partial charge is 0.548 e. The first kappa shape index (κ1) is 15.7. The number of likely N-dealkylation sites (N-methyl/N-ethyl adjacent to an activating group) is 1. The summed E-state index contributed by atoms with van der Waals surface area (Å²) in [5.41, 5.74) is 1.68. The quantitative estimate of drug-likeness (QED) is 0.581. The van der Waals surface area contributed by atoms with Gasteiger partial charge in [0, 0.05) is 12.1 Å². The molecule has 1 aromatic rings. The lowest BCUT2D eigenvalue weighted by molar-refractivity contribution is -0.305. The molecule has 0 aliphatic carbocycles. The zero-order chi connectivity index (χ0) is 16.7. The van der Waals surface area contributed by atoms with Crippen molar-refractivity contribution >= 4 is 57.3 Å². The molecule has 23 heavy (non-hydrogen) atoms. The Morgan fingerprint density at radius 1 is 1.22 bits per heavy atom. The number of anilines is 1. The Kier molecular flexibility index (Phi) is 3.95. The number of thioether (sulfide) groups is 1. The van der Waals surface area contributed by atoms with Crippen LogP contribution in [0.25, 0.3) is 5.57 Å². The first-order chi connectivity index (χ1) is 11.0. The molecule has 0 saturated carbocycles. The van der Waals surface area contributed by atoms with Gasteiger partial charge in [-0.25, -0.2) is 0 Å². The van der Waals surface area contributed by atoms with Gasteiger partial charge >= 0.3 is 0 Å². The molecule has 1 fully saturated rings. The fourth-order valence-corrected chi connectivity index (χ4v) is 3.95. The van der Waals surface area contributed by atoms with Gasteiger partial charge in [0.2, 0.25) is 0 Å². The maximum atomic E-state index is 12.7. The van der Waals surface area contributed by atoms with E-state index in [4.69, 9.17) is 12.2 Å². The van der Waals surface area contributed by atoms with Crippen LogP contribution in [-0.2, 0) is 14.4 Å². The average molecular weight is 347 g/mol. The highest BCUT2D eigenvalue weighted by Crippen LogP contribution is 2.44. The van der Waals surface area contributed by atoms with Crippen molar-refractivity contribution in [1.82, 2.24) is 4.90 Å². The second kappa shape index (κ2) is 5.78. The summed E-state index contributed by atoms with van der Waals surface area (Å²) in [5, 5.41) is 10.8. The van der Waals surface area contributed by atoms with E-state index in [0.717, 1.165) is 22.3 Å². The van der Waals surface area contributed by atoms with Crippen LogP contribution in [0.5, 0.6) is 0 Å². The zero-order valence-electron chi connectivity index (χ0n) is 12.1. The van der Waals surface area contributed by atoms with E-state index in [0.29, 0.717) is 12.1 Å². The number of hydrogen-bond donors (Lipinski definition) is 0. The number of carboxylic acid groups (broad SMARTS) is 1. The van der Waals surface area contributed by atoms with Gasteiger partial charge in [0.15, 0.2) is 0 Å². The van der Waals surface area contributed by atoms with Crippen LogP contribution in [0.15, 0.2) is 29.2 Å². The summed E-state index contributed by atoms with van der Waals surface area (Å²) in [7, 11) is 0. The van der Waals surface area contributed by atoms with Crippen LogP contribution in [0, 0.1) is 0 Å². The van der Waals surface area contributed by atoms with E-state index < -0.39 is 18.4 Å². The Hall–Kier alpha value is -2.19. The van der Waals surface area contributed by atoms with Gasteiger partial charge in [-0.05, 0) is 13.0 Å². The molecular weight excluding hydrogens is 336 g/mol. The molecule has 6 nitrogen and oxygen atoms in total. The van der Waals surface area contributed by atoms with E-state index in [1.807, 2.05) is 19.1 Å². The van der Waals surface area contributed by atoms with Crippen LogP contribution < -0.4 is 10.0 Å². The van der Waals surface area contributed by atoms with E-state index in [-0.39, 0.29) is 20.7 Å². The van der Waals surface area contributed by atoms with Gasteiger partial charge in [-0.1, -0.05) is 42.2 Å². The molecule has 2 amide bonds. The minimum Gasteiger partial charge on any atom is -0.548 e. The Balaban J connectivity index is 2.12. The van der Waals surface area contributed by atoms with Crippen molar-refractivity contribution in [1.29, 1.82) is 0 Å². The lowest BCUT2D eigenvalue weighted by Crippen LogP contribution is -2.40. The standard InChI is InChI=1S/C15H12N2O4S2/c1-2-16-9-6-4-3-5-8(9)11(13(16)20)12-14(21)17(7-10(18)19)15(22)23-12/h3-6H,2,7H2,1H3,(H,18,19)/p-1/b12-11+. The van der Waals surface area contributed by atoms with Crippen molar-refractivity contribution in [2.45, 2.75) is 6.92 Å². The predicted octanol–water partition coefficient (Wildman–Crippen LogP) is 0.374. The van der Waals surface area contributed by atoms with E-state index in [1.54, 1.807) is 17.0 Å². The normalized spacial score (nSPS) is 20.5. The van der Waals surface area contributed by atoms with Gasteiger partial charge in [0.05, 0.1) is 28.7 Å². The lowest BCUT2D eigenvalue weighted by atomic mass is 10.1. The minimum atomic E-state index is -1.40. The number of thiocarbonyl (C=S) groups is 1. The molecule has 1 aromatic carbocycles. The first-order valence-corrected chi connectivity index (χ1v) is 8.07. The van der Waals surface area contributed by atoms with Crippen molar-refractivity contribution in [3.63, 3.8) is 0 Å². The molecule has 1 saturated heterocycles. The van der Waals surface area contributed by atoms with Crippen molar-refractivity contribution < 1.29 is 19.5 Å². The van der Waals surface area contributed by atoms with Gasteiger partial charge < -0.3 is 14.8 Å². The van der Waals surface area contributed by atoms with Crippen molar-refractivity contribution in [3.05, 3.63) is 34.7 Å². The molecule has 3 rings (SSSR count). The van der Waals surface area contributed by atoms with Gasteiger partial charge in [0.25, 0.3) is 11.8 Å². The van der Waals surface area contributed by atoms with E-state index >= 15 is 0 Å². The van der Waals surface area contributed by atoms with Crippen LogP contribution in [0.1, 0.15) is 12.5 Å². The highest BCUT2D eigenvalue weighted by Gasteiger charge is 2.41. The van der Waals surface area contributed by atoms with E-state index in [9.17, 15) is 19.5 Å². The maximum absolute atomic E-state index is 12.7. The molecule has 2 aliphatic rings. The summed E-state index contributed by atoms with van der Waals surface area (Å²) >= 11 is 6.01. The molecule has 2 heterocycles. The smallest absolute Gasteiger partial charge is 0.267 e. The summed E-state index contributed by atoms with van der Waals surface area (Å²) in [4.78, 5) is 38.6. The third-order valence-corrected chi connectivity index (χ3v) is 5.05. The van der Waals surface area contributed by atoms with Crippen molar-refractivity contribution in [3.8, 4) is 0 Å². The Morgan fingerprint density at radius 3 is 2.57 bits per heavy atom. The number of carbonyl (C=O) groups is 3. The van der Waals surface area contributed by atoms with Gasteiger partial charge in [-0.15, -0.1) is 0 Å². The molecule has 2 aliphatic heterocycles. The SMILES string of the molecule is CCN1C(=O)/C(=C2/SC(=S)N(CC(=O)[O-])C2=O)c2ccccc21. The number of aliphatic carboxylic acids is 1. The number of amides is 2. The van der Waals surface area contributed by atoms with E-state index in [2.05, 4.69) is 0 Å². The summed E-state index contributed by atoms with van der Waals surface area (Å²) in [6.45, 7) is 1.70. The molecule has 0 atom stereocenters. The van der Waals surface area contributed by atoms with E-state index in [1.165, 1.54) is 0 Å². The van der Waals surface area contributed by atoms with Crippen LogP contribution in [-0.4, -0.2) is 40.1 Å². The summed E-state index contributed by atoms with van der Waals surface area (Å²) in [6.07, 6.45) is 0. The topological polar surface area (TPSA) is 80.8 Å². The number of carbonyl (C=O) groups excluding carboxylic acids is 3. The van der Waals surface area contributed by atoms with Gasteiger partial charge in [0.1, 0.15) is 4.32 Å². The number of para-hydroxylation sites is 1. The van der Waals surface area contributed by atoms with Crippen molar-refractivity contribution in [2.24, 2.45) is 0 Å². The zero-order valence-corrected chi connectivity index (χ0v) is 13.7. The second-order valence-electron chi connectivity index (χ2n) is 4.90. The number of hydrogen-bond acceptors (Lipinski definition) is 6. The van der Waals surface area contributed by atoms with Crippen LogP contribution >= 0.6 is 24.0 Å². The Labute approximate surface area is 141 Å². The van der Waals surface area contributed by atoms with Gasteiger partial charge in [-0.2, -0.15) is 0 Å². The fourth-order valence-electron chi connectivity index (χ4n) is 2.63. The lowest BCUT2D eigenvalue weighted by Gasteiger charge is -2.14. The van der Waals surface area contributed by atoms with Crippen LogP contribution in [0.3, 0.4) is 0 Å².